The Labute approximate surface area is 104 Å². The zero-order valence-corrected chi connectivity index (χ0v) is 10.6. The zero-order chi connectivity index (χ0) is 11.4. The van der Waals surface area contributed by atoms with Crippen molar-refractivity contribution in [1.29, 1.82) is 0 Å². The molecular formula is C10H14ClN3OS. The van der Waals surface area contributed by atoms with Crippen LogP contribution in [0.1, 0.15) is 6.42 Å². The third-order valence-corrected chi connectivity index (χ3v) is 3.20. The van der Waals surface area contributed by atoms with Gasteiger partial charge in [0.05, 0.1) is 6.61 Å². The Morgan fingerprint density at radius 2 is 2.50 bits per heavy atom. The van der Waals surface area contributed by atoms with Gasteiger partial charge in [-0.15, -0.1) is 0 Å². The largest absolute Gasteiger partial charge is 0.477 e. The molecule has 1 aromatic rings. The van der Waals surface area contributed by atoms with Crippen molar-refractivity contribution in [2.75, 3.05) is 26.0 Å². The Kier molecular flexibility index (Phi) is 4.26. The van der Waals surface area contributed by atoms with Gasteiger partial charge in [0, 0.05) is 18.5 Å². The van der Waals surface area contributed by atoms with Gasteiger partial charge in [-0.05, 0) is 19.2 Å². The highest BCUT2D eigenvalue weighted by molar-refractivity contribution is 7.98. The topological polar surface area (TPSA) is 47.0 Å². The van der Waals surface area contributed by atoms with Crippen molar-refractivity contribution in [2.24, 2.45) is 5.92 Å². The molecule has 0 saturated carbocycles. The molecule has 0 aromatic carbocycles. The number of ether oxygens (including phenoxy) is 1. The fourth-order valence-electron chi connectivity index (χ4n) is 1.60. The zero-order valence-electron chi connectivity index (χ0n) is 9.07. The van der Waals surface area contributed by atoms with E-state index in [1.807, 2.05) is 6.26 Å². The van der Waals surface area contributed by atoms with Crippen molar-refractivity contribution in [1.82, 2.24) is 15.3 Å². The molecule has 1 unspecified atom stereocenters. The fourth-order valence-corrected chi connectivity index (χ4v) is 2.20. The Morgan fingerprint density at radius 3 is 3.19 bits per heavy atom. The lowest BCUT2D eigenvalue weighted by Gasteiger charge is -2.10. The molecule has 1 aromatic heterocycles. The highest BCUT2D eigenvalue weighted by Gasteiger charge is 2.15. The average molecular weight is 260 g/mol. The van der Waals surface area contributed by atoms with Crippen molar-refractivity contribution in [3.05, 3.63) is 11.2 Å². The van der Waals surface area contributed by atoms with Crippen LogP contribution in [0.15, 0.2) is 11.2 Å². The highest BCUT2D eigenvalue weighted by atomic mass is 35.5. The fraction of sp³-hybridized carbons (Fsp3) is 0.600. The van der Waals surface area contributed by atoms with Gasteiger partial charge in [-0.2, -0.15) is 4.98 Å². The molecule has 0 aliphatic carbocycles. The van der Waals surface area contributed by atoms with Gasteiger partial charge in [-0.1, -0.05) is 23.4 Å². The first-order valence-electron chi connectivity index (χ1n) is 5.20. The SMILES string of the molecule is CSc1nc(Cl)cc(OCC2CCNC2)n1. The second kappa shape index (κ2) is 5.70. The molecule has 4 nitrogen and oxygen atoms in total. The third kappa shape index (κ3) is 3.23. The summed E-state index contributed by atoms with van der Waals surface area (Å²) in [5.41, 5.74) is 0. The molecule has 1 aliphatic rings. The highest BCUT2D eigenvalue weighted by Crippen LogP contribution is 2.19. The summed E-state index contributed by atoms with van der Waals surface area (Å²) in [4.78, 5) is 8.29. The molecule has 0 spiro atoms. The van der Waals surface area contributed by atoms with Gasteiger partial charge in [0.1, 0.15) is 5.15 Å². The average Bonchev–Trinajstić information content (AvgIpc) is 2.78. The number of thioether (sulfide) groups is 1. The predicted octanol–water partition coefficient (Wildman–Crippen LogP) is 1.84. The van der Waals surface area contributed by atoms with Crippen molar-refractivity contribution >= 4 is 23.4 Å². The first-order chi connectivity index (χ1) is 7.78. The maximum absolute atomic E-state index is 5.87. The van der Waals surface area contributed by atoms with Gasteiger partial charge < -0.3 is 10.1 Å². The quantitative estimate of drug-likeness (QED) is 0.508. The number of nitrogens with zero attached hydrogens (tertiary/aromatic N) is 2. The Bertz CT molecular complexity index is 358. The molecule has 0 bridgehead atoms. The van der Waals surface area contributed by atoms with E-state index in [1.54, 1.807) is 6.07 Å². The Balaban J connectivity index is 1.94. The van der Waals surface area contributed by atoms with Gasteiger partial charge in [0.25, 0.3) is 0 Å². The van der Waals surface area contributed by atoms with Gasteiger partial charge >= 0.3 is 0 Å². The number of hydrogen-bond donors (Lipinski definition) is 1. The van der Waals surface area contributed by atoms with E-state index < -0.39 is 0 Å². The van der Waals surface area contributed by atoms with E-state index in [0.29, 0.717) is 28.7 Å². The minimum Gasteiger partial charge on any atom is -0.477 e. The van der Waals surface area contributed by atoms with Crippen molar-refractivity contribution in [3.8, 4) is 5.88 Å². The van der Waals surface area contributed by atoms with E-state index >= 15 is 0 Å². The van der Waals surface area contributed by atoms with Gasteiger partial charge in [-0.25, -0.2) is 4.98 Å². The molecule has 1 aliphatic heterocycles. The van der Waals surface area contributed by atoms with Crippen LogP contribution in [0.25, 0.3) is 0 Å². The van der Waals surface area contributed by atoms with Crippen LogP contribution in [-0.4, -0.2) is 35.9 Å². The molecule has 88 valence electrons. The summed E-state index contributed by atoms with van der Waals surface area (Å²) in [7, 11) is 0. The molecule has 1 atom stereocenters. The smallest absolute Gasteiger partial charge is 0.218 e. The molecule has 16 heavy (non-hydrogen) atoms. The summed E-state index contributed by atoms with van der Waals surface area (Å²) < 4.78 is 5.62. The van der Waals surface area contributed by atoms with E-state index in [0.717, 1.165) is 19.5 Å². The number of nitrogens with one attached hydrogen (secondary N) is 1. The number of hydrogen-bond acceptors (Lipinski definition) is 5. The van der Waals surface area contributed by atoms with Gasteiger partial charge in [-0.3, -0.25) is 0 Å². The second-order valence-electron chi connectivity index (χ2n) is 3.69. The lowest BCUT2D eigenvalue weighted by atomic mass is 10.1. The standard InChI is InChI=1S/C10H14ClN3OS/c1-16-10-13-8(11)4-9(14-10)15-6-7-2-3-12-5-7/h4,7,12H,2-3,5-6H2,1H3. The maximum Gasteiger partial charge on any atom is 0.218 e. The maximum atomic E-state index is 5.87. The van der Waals surface area contributed by atoms with Crippen LogP contribution in [0.2, 0.25) is 5.15 Å². The van der Waals surface area contributed by atoms with Crippen LogP contribution in [0, 0.1) is 5.92 Å². The third-order valence-electron chi connectivity index (χ3n) is 2.46. The summed E-state index contributed by atoms with van der Waals surface area (Å²) in [5, 5.41) is 4.37. The summed E-state index contributed by atoms with van der Waals surface area (Å²) in [5.74, 6) is 1.14. The molecular weight excluding hydrogens is 246 g/mol. The first kappa shape index (κ1) is 12.0. The second-order valence-corrected chi connectivity index (χ2v) is 4.85. The van der Waals surface area contributed by atoms with Crippen LogP contribution < -0.4 is 10.1 Å². The molecule has 0 amide bonds. The molecule has 1 saturated heterocycles. The molecule has 6 heteroatoms. The normalized spacial score (nSPS) is 20.0. The predicted molar refractivity (Wildman–Crippen MR) is 65.3 cm³/mol. The minimum absolute atomic E-state index is 0.430. The van der Waals surface area contributed by atoms with Gasteiger partial charge in [0.2, 0.25) is 5.88 Å². The summed E-state index contributed by atoms with van der Waals surface area (Å²) in [6.07, 6.45) is 3.07. The molecule has 0 radical (unpaired) electrons. The lowest BCUT2D eigenvalue weighted by molar-refractivity contribution is 0.249. The first-order valence-corrected chi connectivity index (χ1v) is 6.80. The van der Waals surface area contributed by atoms with Crippen LogP contribution in [0.3, 0.4) is 0 Å². The number of aromatic nitrogens is 2. The van der Waals surface area contributed by atoms with Crippen LogP contribution >= 0.6 is 23.4 Å². The summed E-state index contributed by atoms with van der Waals surface area (Å²) in [6, 6.07) is 1.66. The molecule has 2 heterocycles. The summed E-state index contributed by atoms with van der Waals surface area (Å²) >= 11 is 7.32. The van der Waals surface area contributed by atoms with E-state index in [4.69, 9.17) is 16.3 Å². The Hall–Kier alpha value is -0.520. The van der Waals surface area contributed by atoms with E-state index in [-0.39, 0.29) is 0 Å². The minimum atomic E-state index is 0.430. The molecule has 1 N–H and O–H groups in total. The van der Waals surface area contributed by atoms with E-state index in [2.05, 4.69) is 15.3 Å². The van der Waals surface area contributed by atoms with Crippen LogP contribution in [0.5, 0.6) is 5.88 Å². The van der Waals surface area contributed by atoms with E-state index in [9.17, 15) is 0 Å². The molecule has 2 rings (SSSR count). The monoisotopic (exact) mass is 259 g/mol. The summed E-state index contributed by atoms with van der Waals surface area (Å²) in [6.45, 7) is 2.79. The van der Waals surface area contributed by atoms with Crippen LogP contribution in [-0.2, 0) is 0 Å². The molecule has 1 fully saturated rings. The van der Waals surface area contributed by atoms with Crippen molar-refractivity contribution in [2.45, 2.75) is 11.6 Å². The van der Waals surface area contributed by atoms with Gasteiger partial charge in [0.15, 0.2) is 5.16 Å². The van der Waals surface area contributed by atoms with Crippen LogP contribution in [0.4, 0.5) is 0 Å². The Morgan fingerprint density at radius 1 is 1.62 bits per heavy atom. The number of halogens is 1. The number of rotatable bonds is 4. The van der Waals surface area contributed by atoms with Crippen molar-refractivity contribution in [3.63, 3.8) is 0 Å². The van der Waals surface area contributed by atoms with Crippen molar-refractivity contribution < 1.29 is 4.74 Å². The van der Waals surface area contributed by atoms with E-state index in [1.165, 1.54) is 11.8 Å². The lowest BCUT2D eigenvalue weighted by Crippen LogP contribution is -2.16.